The molecule has 0 aliphatic carbocycles. The van der Waals surface area contributed by atoms with Gasteiger partial charge in [0.15, 0.2) is 0 Å². The summed E-state index contributed by atoms with van der Waals surface area (Å²) in [5.74, 6) is 1.61. The Balaban J connectivity index is 1.61. The minimum absolute atomic E-state index is 0.798. The topological polar surface area (TPSA) is 49.8 Å². The van der Waals surface area contributed by atoms with Gasteiger partial charge in [0.2, 0.25) is 0 Å². The van der Waals surface area contributed by atoms with Crippen LogP contribution in [0, 0.1) is 6.92 Å². The summed E-state index contributed by atoms with van der Waals surface area (Å²) in [6, 6.07) is 18.7. The molecule has 1 aromatic carbocycles. The Labute approximate surface area is 154 Å². The number of benzene rings is 1. The van der Waals surface area contributed by atoms with Gasteiger partial charge in [-0.1, -0.05) is 30.3 Å². The van der Waals surface area contributed by atoms with Crippen LogP contribution >= 0.6 is 0 Å². The van der Waals surface area contributed by atoms with Crippen molar-refractivity contribution in [3.05, 3.63) is 78.0 Å². The fraction of sp³-hybridized carbons (Fsp3) is 0.182. The number of hydrogen-bond acceptors (Lipinski definition) is 4. The summed E-state index contributed by atoms with van der Waals surface area (Å²) in [5.41, 5.74) is 5.94. The van der Waals surface area contributed by atoms with E-state index < -0.39 is 0 Å². The predicted molar refractivity (Wildman–Crippen MR) is 107 cm³/mol. The van der Waals surface area contributed by atoms with Crippen LogP contribution in [-0.4, -0.2) is 23.1 Å². The van der Waals surface area contributed by atoms with E-state index in [1.165, 1.54) is 16.7 Å². The fourth-order valence-corrected chi connectivity index (χ4v) is 3.16. The maximum atomic E-state index is 4.77. The minimum Gasteiger partial charge on any atom is -0.325 e. The average molecular weight is 342 g/mol. The first-order valence-corrected chi connectivity index (χ1v) is 8.95. The Bertz CT molecular complexity index is 946. The zero-order valence-electron chi connectivity index (χ0n) is 14.9. The lowest BCUT2D eigenvalue weighted by molar-refractivity contribution is 0.738. The van der Waals surface area contributed by atoms with Gasteiger partial charge >= 0.3 is 0 Å². The number of nitrogens with zero attached hydrogens (tertiary/aromatic N) is 2. The lowest BCUT2D eigenvalue weighted by Gasteiger charge is -2.15. The number of nitrogens with one attached hydrogen (secondary N) is 2. The van der Waals surface area contributed by atoms with Gasteiger partial charge in [0.25, 0.3) is 0 Å². The van der Waals surface area contributed by atoms with Gasteiger partial charge in [0.05, 0.1) is 5.69 Å². The minimum atomic E-state index is 0.798. The van der Waals surface area contributed by atoms with Crippen LogP contribution in [0.3, 0.4) is 0 Å². The van der Waals surface area contributed by atoms with Gasteiger partial charge in [-0.25, -0.2) is 9.97 Å². The van der Waals surface area contributed by atoms with Crippen molar-refractivity contribution in [3.63, 3.8) is 0 Å². The summed E-state index contributed by atoms with van der Waals surface area (Å²) >= 11 is 0. The number of aromatic nitrogens is 2. The molecule has 4 rings (SSSR count). The van der Waals surface area contributed by atoms with Crippen LogP contribution in [0.25, 0.3) is 16.8 Å². The molecule has 0 unspecified atom stereocenters. The zero-order valence-corrected chi connectivity index (χ0v) is 14.9. The van der Waals surface area contributed by atoms with Crippen molar-refractivity contribution in [1.82, 2.24) is 15.3 Å². The average Bonchev–Trinajstić information content (AvgIpc) is 2.69. The smallest absolute Gasteiger partial charge is 0.132 e. The molecular formula is C22H22N4. The number of anilines is 2. The number of rotatable bonds is 4. The van der Waals surface area contributed by atoms with Crippen molar-refractivity contribution in [2.75, 3.05) is 18.4 Å². The second kappa shape index (κ2) is 7.50. The van der Waals surface area contributed by atoms with E-state index in [0.717, 1.165) is 42.4 Å². The molecule has 0 radical (unpaired) electrons. The Morgan fingerprint density at radius 2 is 1.85 bits per heavy atom. The second-order valence-electron chi connectivity index (χ2n) is 6.52. The van der Waals surface area contributed by atoms with Crippen molar-refractivity contribution in [3.8, 4) is 11.3 Å². The van der Waals surface area contributed by atoms with Crippen molar-refractivity contribution in [2.45, 2.75) is 13.3 Å². The van der Waals surface area contributed by atoms with E-state index in [4.69, 9.17) is 4.98 Å². The van der Waals surface area contributed by atoms with Crippen LogP contribution < -0.4 is 10.6 Å². The van der Waals surface area contributed by atoms with E-state index >= 15 is 0 Å². The van der Waals surface area contributed by atoms with Crippen LogP contribution in [0.2, 0.25) is 0 Å². The summed E-state index contributed by atoms with van der Waals surface area (Å²) in [7, 11) is 0. The van der Waals surface area contributed by atoms with Crippen molar-refractivity contribution in [1.29, 1.82) is 0 Å². The third kappa shape index (κ3) is 3.81. The van der Waals surface area contributed by atoms with E-state index in [-0.39, 0.29) is 0 Å². The molecule has 0 bridgehead atoms. The molecule has 1 aliphatic heterocycles. The standard InChI is InChI=1S/C22H22N4/c1-16-8-13-24-22(14-16)26-21-7-3-6-20(25-21)19-5-2-4-18(15-19)17-9-11-23-12-10-17/h2-9,13-15,23H,10-12H2,1H3,(H,24,25,26). The Morgan fingerprint density at radius 1 is 0.962 bits per heavy atom. The van der Waals surface area contributed by atoms with Gasteiger partial charge in [-0.3, -0.25) is 0 Å². The molecule has 4 heteroatoms. The predicted octanol–water partition coefficient (Wildman–Crippen LogP) is 4.57. The van der Waals surface area contributed by atoms with Crippen molar-refractivity contribution >= 4 is 17.2 Å². The summed E-state index contributed by atoms with van der Waals surface area (Å²) in [6.45, 7) is 4.04. The summed E-state index contributed by atoms with van der Waals surface area (Å²) in [5, 5.41) is 6.65. The summed E-state index contributed by atoms with van der Waals surface area (Å²) in [4.78, 5) is 9.12. The second-order valence-corrected chi connectivity index (χ2v) is 6.52. The molecular weight excluding hydrogens is 320 g/mol. The summed E-state index contributed by atoms with van der Waals surface area (Å²) in [6.07, 6.45) is 5.15. The fourth-order valence-electron chi connectivity index (χ4n) is 3.16. The first-order chi connectivity index (χ1) is 12.8. The molecule has 0 spiro atoms. The normalized spacial score (nSPS) is 14.0. The monoisotopic (exact) mass is 342 g/mol. The first kappa shape index (κ1) is 16.5. The van der Waals surface area contributed by atoms with Crippen LogP contribution in [0.4, 0.5) is 11.6 Å². The highest BCUT2D eigenvalue weighted by Crippen LogP contribution is 2.26. The maximum absolute atomic E-state index is 4.77. The Morgan fingerprint density at radius 3 is 2.69 bits per heavy atom. The molecule has 0 saturated heterocycles. The third-order valence-corrected chi connectivity index (χ3v) is 4.51. The molecule has 3 aromatic rings. The van der Waals surface area contributed by atoms with Gasteiger partial charge in [0, 0.05) is 18.3 Å². The molecule has 1 aliphatic rings. The molecule has 0 amide bonds. The van der Waals surface area contributed by atoms with E-state index in [1.54, 1.807) is 6.20 Å². The maximum Gasteiger partial charge on any atom is 0.132 e. The van der Waals surface area contributed by atoms with Crippen LogP contribution in [0.15, 0.2) is 66.9 Å². The van der Waals surface area contributed by atoms with Crippen LogP contribution in [-0.2, 0) is 0 Å². The first-order valence-electron chi connectivity index (χ1n) is 8.95. The summed E-state index contributed by atoms with van der Waals surface area (Å²) < 4.78 is 0. The molecule has 0 saturated carbocycles. The van der Waals surface area contributed by atoms with Crippen molar-refractivity contribution < 1.29 is 0 Å². The molecule has 2 aromatic heterocycles. The highest BCUT2D eigenvalue weighted by Gasteiger charge is 2.08. The third-order valence-electron chi connectivity index (χ3n) is 4.51. The Kier molecular flexibility index (Phi) is 4.75. The zero-order chi connectivity index (χ0) is 17.8. The Hall–Kier alpha value is -2.98. The molecule has 2 N–H and O–H groups in total. The van der Waals surface area contributed by atoms with Crippen molar-refractivity contribution in [2.24, 2.45) is 0 Å². The van der Waals surface area contributed by atoms with E-state index in [9.17, 15) is 0 Å². The molecule has 0 fully saturated rings. The highest BCUT2D eigenvalue weighted by atomic mass is 15.1. The quantitative estimate of drug-likeness (QED) is 0.729. The van der Waals surface area contributed by atoms with E-state index in [1.807, 2.05) is 30.3 Å². The number of aryl methyl sites for hydroxylation is 1. The van der Waals surface area contributed by atoms with E-state index in [2.05, 4.69) is 52.9 Å². The van der Waals surface area contributed by atoms with Gasteiger partial charge < -0.3 is 10.6 Å². The van der Waals surface area contributed by atoms with Gasteiger partial charge in [-0.2, -0.15) is 0 Å². The molecule has 0 atom stereocenters. The van der Waals surface area contributed by atoms with Crippen LogP contribution in [0.5, 0.6) is 0 Å². The SMILES string of the molecule is Cc1ccnc(Nc2cccc(-c3cccc(C4=CCNCC4)c3)n2)c1. The van der Waals surface area contributed by atoms with Gasteiger partial charge in [-0.15, -0.1) is 0 Å². The molecule has 26 heavy (non-hydrogen) atoms. The molecule has 4 nitrogen and oxygen atoms in total. The van der Waals surface area contributed by atoms with Gasteiger partial charge in [-0.05, 0) is 66.9 Å². The molecule has 3 heterocycles. The van der Waals surface area contributed by atoms with E-state index in [0.29, 0.717) is 0 Å². The van der Waals surface area contributed by atoms with Crippen LogP contribution in [0.1, 0.15) is 17.5 Å². The van der Waals surface area contributed by atoms with Gasteiger partial charge in [0.1, 0.15) is 11.6 Å². The lowest BCUT2D eigenvalue weighted by Crippen LogP contribution is -2.19. The lowest BCUT2D eigenvalue weighted by atomic mass is 9.97. The molecule has 130 valence electrons. The number of hydrogen-bond donors (Lipinski definition) is 2. The highest BCUT2D eigenvalue weighted by molar-refractivity contribution is 5.72. The number of pyridine rings is 2. The largest absolute Gasteiger partial charge is 0.325 e.